The minimum Gasteiger partial charge on any atom is -0.508 e. The number of carbonyl (C=O) groups is 2. The summed E-state index contributed by atoms with van der Waals surface area (Å²) in [5.74, 6) is -0.154. The van der Waals surface area contributed by atoms with E-state index in [2.05, 4.69) is 27.7 Å². The van der Waals surface area contributed by atoms with Gasteiger partial charge in [0.25, 0.3) is 11.8 Å². The average Bonchev–Trinajstić information content (AvgIpc) is 3.79. The number of hydrogen-bond donors (Lipinski definition) is 1. The van der Waals surface area contributed by atoms with Crippen LogP contribution in [-0.4, -0.2) is 79.7 Å². The number of benzene rings is 3. The summed E-state index contributed by atoms with van der Waals surface area (Å²) in [6.45, 7) is 5.07. The summed E-state index contributed by atoms with van der Waals surface area (Å²) in [4.78, 5) is 40.9. The molecule has 11 heteroatoms. The molecule has 3 aromatic heterocycles. The number of morpholine rings is 1. The second kappa shape index (κ2) is 14.7. The largest absolute Gasteiger partial charge is 0.508 e. The summed E-state index contributed by atoms with van der Waals surface area (Å²) in [5.41, 5.74) is 8.04. The Hall–Kier alpha value is -5.42. The number of amides is 2. The zero-order chi connectivity index (χ0) is 37.6. The number of phenols is 1. The molecule has 55 heavy (non-hydrogen) atoms. The summed E-state index contributed by atoms with van der Waals surface area (Å²) >= 11 is 6.75. The van der Waals surface area contributed by atoms with E-state index in [4.69, 9.17) is 21.3 Å². The van der Waals surface area contributed by atoms with Crippen LogP contribution in [0, 0.1) is 0 Å². The molecule has 0 unspecified atom stereocenters. The standard InChI is InChI=1S/C44H43ClN6O4/c1-47-17-15-30-23-34(26-46-42(30)47)51(33-10-12-36(52)13-11-33)44(54)39-25-41(49-16-5-4-8-40(39)49)38-24-32(45)9-14-37(38)43(53)50-27-31-7-3-2-6-29(31)22-35(50)28-48-18-20-55-21-19-48/h2-3,6-7,9-15,17,23-26,35,52H,4-5,8,16,18-22,27-28H2,1H3/t35-/m0/s1. The number of ether oxygens (including phenoxy) is 1. The van der Waals surface area contributed by atoms with Crippen LogP contribution < -0.4 is 4.90 Å². The fourth-order valence-corrected chi connectivity index (χ4v) is 8.77. The van der Waals surface area contributed by atoms with Crippen LogP contribution in [0.5, 0.6) is 5.75 Å². The van der Waals surface area contributed by atoms with Gasteiger partial charge in [-0.2, -0.15) is 0 Å². The Morgan fingerprint density at radius 1 is 0.909 bits per heavy atom. The van der Waals surface area contributed by atoms with Crippen molar-refractivity contribution in [1.29, 1.82) is 0 Å². The number of aryl methyl sites for hydroxylation is 1. The van der Waals surface area contributed by atoms with Crippen molar-refractivity contribution in [3.63, 3.8) is 0 Å². The molecule has 280 valence electrons. The molecular weight excluding hydrogens is 712 g/mol. The summed E-state index contributed by atoms with van der Waals surface area (Å²) in [5, 5.41) is 11.6. The molecule has 6 aromatic rings. The van der Waals surface area contributed by atoms with E-state index in [0.29, 0.717) is 59.4 Å². The van der Waals surface area contributed by atoms with Crippen molar-refractivity contribution < 1.29 is 19.4 Å². The van der Waals surface area contributed by atoms with Crippen molar-refractivity contribution in [3.8, 4) is 17.0 Å². The van der Waals surface area contributed by atoms with Gasteiger partial charge in [0.2, 0.25) is 0 Å². The number of halogens is 1. The van der Waals surface area contributed by atoms with Crippen molar-refractivity contribution in [2.24, 2.45) is 7.05 Å². The maximum atomic E-state index is 15.1. The lowest BCUT2D eigenvalue weighted by molar-refractivity contribution is 0.0193. The third-order valence-electron chi connectivity index (χ3n) is 11.4. The molecule has 3 aliphatic rings. The van der Waals surface area contributed by atoms with Crippen LogP contribution >= 0.6 is 11.6 Å². The Morgan fingerprint density at radius 2 is 1.71 bits per heavy atom. The third kappa shape index (κ3) is 6.68. The lowest BCUT2D eigenvalue weighted by atomic mass is 9.92. The highest BCUT2D eigenvalue weighted by atomic mass is 35.5. The number of nitrogens with zero attached hydrogens (tertiary/aromatic N) is 6. The van der Waals surface area contributed by atoms with Gasteiger partial charge in [-0.3, -0.25) is 19.4 Å². The number of hydrogen-bond acceptors (Lipinski definition) is 6. The van der Waals surface area contributed by atoms with Gasteiger partial charge >= 0.3 is 0 Å². The normalized spacial score (nSPS) is 17.2. The summed E-state index contributed by atoms with van der Waals surface area (Å²) in [7, 11) is 1.94. The summed E-state index contributed by atoms with van der Waals surface area (Å²) in [6.07, 6.45) is 7.05. The quantitative estimate of drug-likeness (QED) is 0.180. The van der Waals surface area contributed by atoms with Crippen molar-refractivity contribution in [3.05, 3.63) is 130 Å². The van der Waals surface area contributed by atoms with Crippen molar-refractivity contribution in [2.75, 3.05) is 37.7 Å². The first-order chi connectivity index (χ1) is 26.8. The molecule has 1 saturated heterocycles. The Kier molecular flexibility index (Phi) is 9.41. The average molecular weight is 755 g/mol. The van der Waals surface area contributed by atoms with E-state index in [0.717, 1.165) is 73.3 Å². The number of anilines is 2. The molecule has 1 atom stereocenters. The van der Waals surface area contributed by atoms with Crippen molar-refractivity contribution in [2.45, 2.75) is 44.8 Å². The second-order valence-electron chi connectivity index (χ2n) is 14.9. The van der Waals surface area contributed by atoms with Gasteiger partial charge in [-0.05, 0) is 97.5 Å². The molecule has 3 aromatic carbocycles. The molecule has 1 fully saturated rings. The van der Waals surface area contributed by atoms with E-state index in [1.807, 2.05) is 59.1 Å². The Morgan fingerprint density at radius 3 is 2.53 bits per heavy atom. The molecule has 0 spiro atoms. The van der Waals surface area contributed by atoms with E-state index in [-0.39, 0.29) is 23.6 Å². The van der Waals surface area contributed by atoms with Crippen LogP contribution in [0.2, 0.25) is 5.02 Å². The number of rotatable bonds is 7. The first-order valence-electron chi connectivity index (χ1n) is 19.1. The number of carbonyl (C=O) groups excluding carboxylic acids is 2. The third-order valence-corrected chi connectivity index (χ3v) is 11.7. The monoisotopic (exact) mass is 754 g/mol. The lowest BCUT2D eigenvalue weighted by Gasteiger charge is -2.40. The first kappa shape index (κ1) is 35.3. The van der Waals surface area contributed by atoms with E-state index in [1.54, 1.807) is 41.4 Å². The smallest absolute Gasteiger partial charge is 0.264 e. The molecule has 0 bridgehead atoms. The molecule has 3 aliphatic heterocycles. The Bertz CT molecular complexity index is 2410. The minimum atomic E-state index is -0.215. The van der Waals surface area contributed by atoms with Gasteiger partial charge in [0.1, 0.15) is 11.4 Å². The van der Waals surface area contributed by atoms with Crippen molar-refractivity contribution in [1.82, 2.24) is 23.9 Å². The molecule has 9 rings (SSSR count). The molecule has 2 amide bonds. The summed E-state index contributed by atoms with van der Waals surface area (Å²) < 4.78 is 9.79. The molecule has 0 radical (unpaired) electrons. The van der Waals surface area contributed by atoms with Gasteiger partial charge in [-0.15, -0.1) is 0 Å². The van der Waals surface area contributed by atoms with Crippen molar-refractivity contribution >= 4 is 45.8 Å². The lowest BCUT2D eigenvalue weighted by Crippen LogP contribution is -2.52. The van der Waals surface area contributed by atoms with Crippen LogP contribution in [0.15, 0.2) is 97.3 Å². The molecule has 0 saturated carbocycles. The van der Waals surface area contributed by atoms with E-state index >= 15 is 9.59 Å². The minimum absolute atomic E-state index is 0.0168. The van der Waals surface area contributed by atoms with Gasteiger partial charge in [-0.1, -0.05) is 35.9 Å². The van der Waals surface area contributed by atoms with Crippen LogP contribution in [0.1, 0.15) is 50.4 Å². The molecule has 0 aliphatic carbocycles. The SMILES string of the molecule is Cn1ccc2cc(N(C(=O)c3cc(-c4cc(Cl)ccc4C(=O)N4Cc5ccccc5C[C@H]4CN4CCOCC4)n4c3CCCC4)c3ccc(O)cc3)cnc21. The van der Waals surface area contributed by atoms with Gasteiger partial charge in [0, 0.05) is 90.6 Å². The first-order valence-corrected chi connectivity index (χ1v) is 19.4. The van der Waals surface area contributed by atoms with Crippen LogP contribution in [0.4, 0.5) is 11.4 Å². The topological polar surface area (TPSA) is 96.1 Å². The van der Waals surface area contributed by atoms with E-state index in [1.165, 1.54) is 5.56 Å². The number of phenolic OH excluding ortho intramolecular Hbond substituents is 1. The van der Waals surface area contributed by atoms with Gasteiger partial charge in [0.05, 0.1) is 30.7 Å². The molecule has 6 heterocycles. The zero-order valence-electron chi connectivity index (χ0n) is 30.8. The fourth-order valence-electron chi connectivity index (χ4n) is 8.60. The maximum Gasteiger partial charge on any atom is 0.264 e. The Balaban J connectivity index is 1.13. The number of aromatic nitrogens is 3. The molecule has 10 nitrogen and oxygen atoms in total. The number of fused-ring (bicyclic) bond motifs is 3. The molecule has 1 N–H and O–H groups in total. The predicted molar refractivity (Wildman–Crippen MR) is 214 cm³/mol. The fraction of sp³-hybridized carbons (Fsp3) is 0.295. The predicted octanol–water partition coefficient (Wildman–Crippen LogP) is 7.61. The van der Waals surface area contributed by atoms with Crippen LogP contribution in [-0.2, 0) is 37.7 Å². The highest BCUT2D eigenvalue weighted by Crippen LogP contribution is 2.38. The Labute approximate surface area is 325 Å². The van der Waals surface area contributed by atoms with Crippen LogP contribution in [0.3, 0.4) is 0 Å². The maximum absolute atomic E-state index is 15.1. The summed E-state index contributed by atoms with van der Waals surface area (Å²) in [6, 6.07) is 26.5. The number of pyridine rings is 1. The highest BCUT2D eigenvalue weighted by Gasteiger charge is 2.35. The zero-order valence-corrected chi connectivity index (χ0v) is 31.6. The van der Waals surface area contributed by atoms with E-state index < -0.39 is 0 Å². The molecular formula is C44H43ClN6O4. The number of aromatic hydroxyl groups is 1. The second-order valence-corrected chi connectivity index (χ2v) is 15.3. The van der Waals surface area contributed by atoms with E-state index in [9.17, 15) is 5.11 Å². The van der Waals surface area contributed by atoms with Gasteiger partial charge in [-0.25, -0.2) is 4.98 Å². The van der Waals surface area contributed by atoms with Gasteiger partial charge in [0.15, 0.2) is 0 Å². The van der Waals surface area contributed by atoms with Gasteiger partial charge < -0.3 is 23.9 Å². The highest BCUT2D eigenvalue weighted by molar-refractivity contribution is 6.31. The van der Waals surface area contributed by atoms with Crippen LogP contribution in [0.25, 0.3) is 22.3 Å².